The number of aryl methyl sites for hydroxylation is 1. The smallest absolute Gasteiger partial charge is 0.271 e. The van der Waals surface area contributed by atoms with E-state index in [1.54, 1.807) is 39.0 Å². The molecule has 0 aliphatic heterocycles. The van der Waals surface area contributed by atoms with Crippen molar-refractivity contribution < 1.29 is 27.6 Å². The zero-order valence-electron chi connectivity index (χ0n) is 19.5. The Hall–Kier alpha value is -3.34. The standard InChI is InChI=1S/C22H29N3O7S/c1-7-19(22(26)23-15(3)18-13-17(31-4)10-11-21(18)32-5)24(33(6,29)30)20-12-16(25(27)28)9-8-14(20)2/h8-13,15,19H,7H2,1-6H3,(H,23,26). The fraction of sp³-hybridized carbons (Fsp3) is 0.409. The summed E-state index contributed by atoms with van der Waals surface area (Å²) in [6, 6.07) is 7.41. The van der Waals surface area contributed by atoms with Crippen LogP contribution in [0.3, 0.4) is 0 Å². The Bertz CT molecular complexity index is 1130. The molecule has 2 rings (SSSR count). The van der Waals surface area contributed by atoms with Gasteiger partial charge in [0.05, 0.1) is 37.1 Å². The van der Waals surface area contributed by atoms with Crippen LogP contribution in [-0.4, -0.2) is 45.8 Å². The highest BCUT2D eigenvalue weighted by Crippen LogP contribution is 2.32. The van der Waals surface area contributed by atoms with Crippen molar-refractivity contribution in [1.29, 1.82) is 0 Å². The third-order valence-electron chi connectivity index (χ3n) is 5.23. The predicted molar refractivity (Wildman–Crippen MR) is 125 cm³/mol. The Morgan fingerprint density at radius 2 is 1.85 bits per heavy atom. The normalized spacial score (nSPS) is 13.0. The molecule has 0 aromatic heterocycles. The summed E-state index contributed by atoms with van der Waals surface area (Å²) in [5, 5.41) is 14.1. The van der Waals surface area contributed by atoms with Crippen molar-refractivity contribution in [3.8, 4) is 11.5 Å². The lowest BCUT2D eigenvalue weighted by Gasteiger charge is -2.32. The van der Waals surface area contributed by atoms with Gasteiger partial charge in [-0.3, -0.25) is 19.2 Å². The Kier molecular flexibility index (Phi) is 8.26. The quantitative estimate of drug-likeness (QED) is 0.409. The van der Waals surface area contributed by atoms with Crippen molar-refractivity contribution in [3.05, 3.63) is 57.6 Å². The molecule has 2 atom stereocenters. The Balaban J connectivity index is 2.47. The molecule has 10 nitrogen and oxygen atoms in total. The molecule has 180 valence electrons. The molecule has 33 heavy (non-hydrogen) atoms. The van der Waals surface area contributed by atoms with Crippen LogP contribution in [-0.2, 0) is 14.8 Å². The Labute approximate surface area is 193 Å². The monoisotopic (exact) mass is 479 g/mol. The zero-order valence-corrected chi connectivity index (χ0v) is 20.3. The van der Waals surface area contributed by atoms with Gasteiger partial charge in [0.15, 0.2) is 0 Å². The molecule has 0 bridgehead atoms. The molecule has 0 heterocycles. The Morgan fingerprint density at radius 1 is 1.18 bits per heavy atom. The number of nitro groups is 1. The molecule has 0 spiro atoms. The van der Waals surface area contributed by atoms with Gasteiger partial charge in [0.25, 0.3) is 5.69 Å². The molecule has 0 saturated heterocycles. The molecule has 0 fully saturated rings. The highest BCUT2D eigenvalue weighted by atomic mass is 32.2. The number of nitrogens with zero attached hydrogens (tertiary/aromatic N) is 2. The van der Waals surface area contributed by atoms with Crippen molar-refractivity contribution in [3.63, 3.8) is 0 Å². The SMILES string of the molecule is CCC(C(=O)NC(C)c1cc(OC)ccc1OC)N(c1cc([N+](=O)[O-])ccc1C)S(C)(=O)=O. The van der Waals surface area contributed by atoms with Crippen LogP contribution in [0.25, 0.3) is 0 Å². The fourth-order valence-corrected chi connectivity index (χ4v) is 4.81. The van der Waals surface area contributed by atoms with Gasteiger partial charge in [0.1, 0.15) is 17.5 Å². The van der Waals surface area contributed by atoms with E-state index in [2.05, 4.69) is 5.32 Å². The maximum absolute atomic E-state index is 13.3. The number of anilines is 1. The first-order valence-electron chi connectivity index (χ1n) is 10.2. The lowest BCUT2D eigenvalue weighted by Crippen LogP contribution is -2.50. The van der Waals surface area contributed by atoms with Gasteiger partial charge in [-0.1, -0.05) is 13.0 Å². The summed E-state index contributed by atoms with van der Waals surface area (Å²) in [6.45, 7) is 5.04. The van der Waals surface area contributed by atoms with E-state index >= 15 is 0 Å². The number of non-ortho nitro benzene ring substituents is 1. The van der Waals surface area contributed by atoms with Gasteiger partial charge in [-0.2, -0.15) is 0 Å². The maximum Gasteiger partial charge on any atom is 0.271 e. The molecule has 2 unspecified atom stereocenters. The van der Waals surface area contributed by atoms with E-state index in [-0.39, 0.29) is 17.8 Å². The minimum absolute atomic E-state index is 0.0836. The molecule has 0 aliphatic carbocycles. The summed E-state index contributed by atoms with van der Waals surface area (Å²) in [6.07, 6.45) is 1.11. The van der Waals surface area contributed by atoms with Crippen LogP contribution in [0.4, 0.5) is 11.4 Å². The largest absolute Gasteiger partial charge is 0.497 e. The minimum Gasteiger partial charge on any atom is -0.497 e. The van der Waals surface area contributed by atoms with E-state index in [1.165, 1.54) is 32.4 Å². The average molecular weight is 480 g/mol. The first kappa shape index (κ1) is 25.9. The third-order valence-corrected chi connectivity index (χ3v) is 6.40. The van der Waals surface area contributed by atoms with Gasteiger partial charge < -0.3 is 14.8 Å². The zero-order chi connectivity index (χ0) is 24.9. The molecular weight excluding hydrogens is 450 g/mol. The number of carbonyl (C=O) groups is 1. The number of hydrogen-bond acceptors (Lipinski definition) is 7. The van der Waals surface area contributed by atoms with Crippen LogP contribution >= 0.6 is 0 Å². The van der Waals surface area contributed by atoms with Gasteiger partial charge >= 0.3 is 0 Å². The molecule has 0 radical (unpaired) electrons. The van der Waals surface area contributed by atoms with Crippen molar-refractivity contribution in [2.75, 3.05) is 24.8 Å². The van der Waals surface area contributed by atoms with E-state index in [0.717, 1.165) is 10.6 Å². The number of benzene rings is 2. The van der Waals surface area contributed by atoms with Crippen LogP contribution in [0.2, 0.25) is 0 Å². The summed E-state index contributed by atoms with van der Waals surface area (Å²) in [4.78, 5) is 23.9. The molecule has 2 aromatic carbocycles. The van der Waals surface area contributed by atoms with Crippen LogP contribution in [0.15, 0.2) is 36.4 Å². The number of hydrogen-bond donors (Lipinski definition) is 1. The Morgan fingerprint density at radius 3 is 2.36 bits per heavy atom. The number of methoxy groups -OCH3 is 2. The van der Waals surface area contributed by atoms with Gasteiger partial charge in [-0.25, -0.2) is 8.42 Å². The first-order chi connectivity index (χ1) is 15.4. The van der Waals surface area contributed by atoms with E-state index < -0.39 is 32.9 Å². The van der Waals surface area contributed by atoms with Crippen molar-refractivity contribution in [2.24, 2.45) is 0 Å². The lowest BCUT2D eigenvalue weighted by molar-refractivity contribution is -0.384. The maximum atomic E-state index is 13.3. The highest BCUT2D eigenvalue weighted by Gasteiger charge is 2.34. The first-order valence-corrected chi connectivity index (χ1v) is 12.1. The van der Waals surface area contributed by atoms with Crippen LogP contribution < -0.4 is 19.1 Å². The van der Waals surface area contributed by atoms with Crippen LogP contribution in [0, 0.1) is 17.0 Å². The third kappa shape index (κ3) is 5.92. The highest BCUT2D eigenvalue weighted by molar-refractivity contribution is 7.92. The van der Waals surface area contributed by atoms with Crippen molar-refractivity contribution >= 4 is 27.3 Å². The summed E-state index contributed by atoms with van der Waals surface area (Å²) in [5.74, 6) is 0.557. The van der Waals surface area contributed by atoms with Gasteiger partial charge in [-0.05, 0) is 44.0 Å². The summed E-state index contributed by atoms with van der Waals surface area (Å²) < 4.78 is 37.1. The second-order valence-electron chi connectivity index (χ2n) is 7.55. The second-order valence-corrected chi connectivity index (χ2v) is 9.41. The minimum atomic E-state index is -3.96. The topological polar surface area (TPSA) is 128 Å². The number of ether oxygens (including phenoxy) is 2. The van der Waals surface area contributed by atoms with Gasteiger partial charge in [0.2, 0.25) is 15.9 Å². The summed E-state index contributed by atoms with van der Waals surface area (Å²) in [5.41, 5.74) is 0.951. The van der Waals surface area contributed by atoms with Gasteiger partial charge in [-0.15, -0.1) is 0 Å². The van der Waals surface area contributed by atoms with Crippen LogP contribution in [0.5, 0.6) is 11.5 Å². The molecule has 0 saturated carbocycles. The van der Waals surface area contributed by atoms with Crippen LogP contribution in [0.1, 0.15) is 37.4 Å². The van der Waals surface area contributed by atoms with E-state index in [0.29, 0.717) is 22.6 Å². The van der Waals surface area contributed by atoms with Gasteiger partial charge in [0, 0.05) is 17.7 Å². The van der Waals surface area contributed by atoms with E-state index in [9.17, 15) is 23.3 Å². The average Bonchev–Trinajstić information content (AvgIpc) is 2.76. The molecular formula is C22H29N3O7S. The molecule has 1 N–H and O–H groups in total. The van der Waals surface area contributed by atoms with Crippen molar-refractivity contribution in [2.45, 2.75) is 39.3 Å². The number of amides is 1. The van der Waals surface area contributed by atoms with Crippen molar-refractivity contribution in [1.82, 2.24) is 5.32 Å². The lowest BCUT2D eigenvalue weighted by atomic mass is 10.1. The summed E-state index contributed by atoms with van der Waals surface area (Å²) in [7, 11) is -0.932. The number of nitrogens with one attached hydrogen (secondary N) is 1. The molecule has 1 amide bonds. The number of rotatable bonds is 10. The number of nitro benzene ring substituents is 1. The van der Waals surface area contributed by atoms with E-state index in [4.69, 9.17) is 9.47 Å². The molecule has 0 aliphatic rings. The van der Waals surface area contributed by atoms with E-state index in [1.807, 2.05) is 0 Å². The number of carbonyl (C=O) groups excluding carboxylic acids is 1. The predicted octanol–water partition coefficient (Wildman–Crippen LogP) is 3.34. The second kappa shape index (κ2) is 10.5. The molecule has 11 heteroatoms. The number of sulfonamides is 1. The molecule has 2 aromatic rings. The summed E-state index contributed by atoms with van der Waals surface area (Å²) >= 11 is 0. The fourth-order valence-electron chi connectivity index (χ4n) is 3.55.